The molecule has 2 aromatic rings. The van der Waals surface area contributed by atoms with Crippen molar-refractivity contribution in [3.8, 4) is 5.69 Å². The number of carbonyl (C=O) groups is 1. The van der Waals surface area contributed by atoms with Crippen molar-refractivity contribution in [2.45, 2.75) is 19.8 Å². The molecule has 1 amide bonds. The van der Waals surface area contributed by atoms with Crippen molar-refractivity contribution in [1.29, 1.82) is 0 Å². The molecule has 122 valence electrons. The molecule has 2 heterocycles. The summed E-state index contributed by atoms with van der Waals surface area (Å²) < 4.78 is 1.65. The van der Waals surface area contributed by atoms with E-state index in [1.54, 1.807) is 15.6 Å². The van der Waals surface area contributed by atoms with Crippen molar-refractivity contribution in [3.63, 3.8) is 0 Å². The van der Waals surface area contributed by atoms with Gasteiger partial charge in [-0.3, -0.25) is 4.79 Å². The van der Waals surface area contributed by atoms with E-state index >= 15 is 0 Å². The van der Waals surface area contributed by atoms with Gasteiger partial charge in [0.25, 0.3) is 5.91 Å². The Morgan fingerprint density at radius 3 is 2.96 bits per heavy atom. The lowest BCUT2D eigenvalue weighted by Gasteiger charge is -2.31. The SMILES string of the molecule is Cc1cn(-c2ccccc2Cl)nc1C(=O)N1CCCC(CO)C1. The third-order valence-corrected chi connectivity index (χ3v) is 4.58. The monoisotopic (exact) mass is 333 g/mol. The Kier molecular flexibility index (Phi) is 4.68. The van der Waals surface area contributed by atoms with Crippen molar-refractivity contribution in [2.24, 2.45) is 5.92 Å². The minimum absolute atomic E-state index is 0.0774. The molecule has 1 atom stereocenters. The van der Waals surface area contributed by atoms with Crippen molar-refractivity contribution in [1.82, 2.24) is 14.7 Å². The lowest BCUT2D eigenvalue weighted by atomic mass is 9.98. The molecule has 3 rings (SSSR count). The quantitative estimate of drug-likeness (QED) is 0.939. The van der Waals surface area contributed by atoms with Gasteiger partial charge < -0.3 is 10.0 Å². The van der Waals surface area contributed by atoms with Gasteiger partial charge in [0, 0.05) is 31.5 Å². The van der Waals surface area contributed by atoms with Gasteiger partial charge in [0.2, 0.25) is 0 Å². The van der Waals surface area contributed by atoms with Crippen molar-refractivity contribution < 1.29 is 9.90 Å². The molecule has 0 aliphatic carbocycles. The van der Waals surface area contributed by atoms with Gasteiger partial charge in [0.05, 0.1) is 10.7 Å². The van der Waals surface area contributed by atoms with E-state index < -0.39 is 0 Å². The number of hydrogen-bond acceptors (Lipinski definition) is 3. The smallest absolute Gasteiger partial charge is 0.274 e. The van der Waals surface area contributed by atoms with Gasteiger partial charge in [-0.2, -0.15) is 5.10 Å². The highest BCUT2D eigenvalue weighted by Crippen LogP contribution is 2.22. The highest BCUT2D eigenvalue weighted by atomic mass is 35.5. The predicted molar refractivity (Wildman–Crippen MR) is 89.0 cm³/mol. The van der Waals surface area contributed by atoms with E-state index in [0.29, 0.717) is 23.8 Å². The minimum Gasteiger partial charge on any atom is -0.396 e. The normalized spacial score (nSPS) is 18.2. The van der Waals surface area contributed by atoms with Crippen molar-refractivity contribution >= 4 is 17.5 Å². The Hall–Kier alpha value is -1.85. The summed E-state index contributed by atoms with van der Waals surface area (Å²) in [7, 11) is 0. The molecule has 0 bridgehead atoms. The van der Waals surface area contributed by atoms with Gasteiger partial charge in [-0.15, -0.1) is 0 Å². The zero-order valence-electron chi connectivity index (χ0n) is 13.1. The molecule has 0 saturated carbocycles. The highest BCUT2D eigenvalue weighted by molar-refractivity contribution is 6.32. The molecule has 1 aliphatic rings. The van der Waals surface area contributed by atoms with Crippen LogP contribution in [0.25, 0.3) is 5.69 Å². The summed E-state index contributed by atoms with van der Waals surface area (Å²) in [4.78, 5) is 14.5. The number of para-hydroxylation sites is 1. The number of carbonyl (C=O) groups excluding carboxylic acids is 1. The van der Waals surface area contributed by atoms with Gasteiger partial charge in [-0.25, -0.2) is 4.68 Å². The van der Waals surface area contributed by atoms with E-state index in [2.05, 4.69) is 5.10 Å². The summed E-state index contributed by atoms with van der Waals surface area (Å²) >= 11 is 6.20. The number of halogens is 1. The highest BCUT2D eigenvalue weighted by Gasteiger charge is 2.27. The van der Waals surface area contributed by atoms with E-state index in [0.717, 1.165) is 24.1 Å². The zero-order chi connectivity index (χ0) is 16.4. The van der Waals surface area contributed by atoms with Crippen LogP contribution in [-0.2, 0) is 0 Å². The summed E-state index contributed by atoms with van der Waals surface area (Å²) in [6, 6.07) is 7.41. The molecule has 1 saturated heterocycles. The Bertz CT molecular complexity index is 714. The number of amides is 1. The fraction of sp³-hybridized carbons (Fsp3) is 0.412. The molecule has 1 fully saturated rings. The number of aliphatic hydroxyl groups excluding tert-OH is 1. The largest absolute Gasteiger partial charge is 0.396 e. The molecular weight excluding hydrogens is 314 g/mol. The average Bonchev–Trinajstić information content (AvgIpc) is 2.96. The Labute approximate surface area is 140 Å². The topological polar surface area (TPSA) is 58.4 Å². The van der Waals surface area contributed by atoms with Gasteiger partial charge in [-0.1, -0.05) is 23.7 Å². The van der Waals surface area contributed by atoms with E-state index in [1.807, 2.05) is 31.3 Å². The average molecular weight is 334 g/mol. The summed E-state index contributed by atoms with van der Waals surface area (Å²) in [6.45, 7) is 3.30. The molecule has 6 heteroatoms. The summed E-state index contributed by atoms with van der Waals surface area (Å²) in [5.74, 6) is 0.0881. The third-order valence-electron chi connectivity index (χ3n) is 4.26. The Morgan fingerprint density at radius 1 is 1.43 bits per heavy atom. The lowest BCUT2D eigenvalue weighted by Crippen LogP contribution is -2.41. The molecule has 1 aromatic carbocycles. The second kappa shape index (κ2) is 6.72. The van der Waals surface area contributed by atoms with Crippen LogP contribution in [0.2, 0.25) is 5.02 Å². The maximum absolute atomic E-state index is 12.7. The van der Waals surface area contributed by atoms with Crippen molar-refractivity contribution in [3.05, 3.63) is 46.7 Å². The lowest BCUT2D eigenvalue weighted by molar-refractivity contribution is 0.0614. The molecule has 1 aromatic heterocycles. The summed E-state index contributed by atoms with van der Waals surface area (Å²) in [5, 5.41) is 14.4. The number of aromatic nitrogens is 2. The molecule has 23 heavy (non-hydrogen) atoms. The van der Waals surface area contributed by atoms with Crippen LogP contribution in [0, 0.1) is 12.8 Å². The first-order valence-electron chi connectivity index (χ1n) is 7.81. The first-order valence-corrected chi connectivity index (χ1v) is 8.19. The number of hydrogen-bond donors (Lipinski definition) is 1. The molecule has 0 spiro atoms. The van der Waals surface area contributed by atoms with E-state index in [-0.39, 0.29) is 18.4 Å². The maximum Gasteiger partial charge on any atom is 0.274 e. The number of nitrogens with zero attached hydrogens (tertiary/aromatic N) is 3. The fourth-order valence-corrected chi connectivity index (χ4v) is 3.20. The van der Waals surface area contributed by atoms with Crippen LogP contribution in [0.5, 0.6) is 0 Å². The number of likely N-dealkylation sites (tertiary alicyclic amines) is 1. The molecular formula is C17H20ClN3O2. The molecule has 5 nitrogen and oxygen atoms in total. The van der Waals surface area contributed by atoms with E-state index in [1.165, 1.54) is 0 Å². The van der Waals surface area contributed by atoms with Gasteiger partial charge >= 0.3 is 0 Å². The first-order chi connectivity index (χ1) is 11.1. The van der Waals surface area contributed by atoms with Crippen LogP contribution in [0.1, 0.15) is 28.9 Å². The van der Waals surface area contributed by atoms with Gasteiger partial charge in [-0.05, 0) is 37.8 Å². The molecule has 1 aliphatic heterocycles. The van der Waals surface area contributed by atoms with Gasteiger partial charge in [0.1, 0.15) is 0 Å². The zero-order valence-corrected chi connectivity index (χ0v) is 13.8. The Balaban J connectivity index is 1.86. The minimum atomic E-state index is -0.0774. The van der Waals surface area contributed by atoms with Gasteiger partial charge in [0.15, 0.2) is 5.69 Å². The second-order valence-corrected chi connectivity index (χ2v) is 6.41. The Morgan fingerprint density at radius 2 is 2.22 bits per heavy atom. The number of rotatable bonds is 3. The van der Waals surface area contributed by atoms with Crippen LogP contribution < -0.4 is 0 Å². The summed E-state index contributed by atoms with van der Waals surface area (Å²) in [6.07, 6.45) is 3.70. The number of benzene rings is 1. The van der Waals surface area contributed by atoms with Crippen LogP contribution in [0.15, 0.2) is 30.5 Å². The van der Waals surface area contributed by atoms with Crippen molar-refractivity contribution in [2.75, 3.05) is 19.7 Å². The van der Waals surface area contributed by atoms with Crippen LogP contribution in [0.4, 0.5) is 0 Å². The number of aliphatic hydroxyl groups is 1. The van der Waals surface area contributed by atoms with E-state index in [9.17, 15) is 9.90 Å². The second-order valence-electron chi connectivity index (χ2n) is 6.00. The standard InChI is InChI=1S/C17H20ClN3O2/c1-12-9-21(15-7-3-2-6-14(15)18)19-16(12)17(23)20-8-4-5-13(10-20)11-22/h2-3,6-7,9,13,22H,4-5,8,10-11H2,1H3. The fourth-order valence-electron chi connectivity index (χ4n) is 2.98. The van der Waals surface area contributed by atoms with Crippen LogP contribution in [0.3, 0.4) is 0 Å². The number of piperidine rings is 1. The third kappa shape index (κ3) is 3.26. The van der Waals surface area contributed by atoms with Crippen LogP contribution >= 0.6 is 11.6 Å². The van der Waals surface area contributed by atoms with Crippen LogP contribution in [-0.4, -0.2) is 45.4 Å². The first kappa shape index (κ1) is 16.0. The molecule has 1 N–H and O–H groups in total. The van der Waals surface area contributed by atoms with E-state index in [4.69, 9.17) is 11.6 Å². The predicted octanol–water partition coefficient (Wildman–Crippen LogP) is 2.68. The summed E-state index contributed by atoms with van der Waals surface area (Å²) in [5.41, 5.74) is 2.02. The molecule has 1 unspecified atom stereocenters. The number of aryl methyl sites for hydroxylation is 1. The molecule has 0 radical (unpaired) electrons. The maximum atomic E-state index is 12.7.